The van der Waals surface area contributed by atoms with Gasteiger partial charge in [0.15, 0.2) is 6.61 Å². The van der Waals surface area contributed by atoms with Crippen molar-refractivity contribution in [2.45, 2.75) is 12.8 Å². The molecule has 0 atom stereocenters. The van der Waals surface area contributed by atoms with Crippen LogP contribution in [0.15, 0.2) is 24.3 Å². The number of ether oxygens (including phenoxy) is 1. The molecule has 23 heavy (non-hydrogen) atoms. The number of hydrogen-bond acceptors (Lipinski definition) is 4. The van der Waals surface area contributed by atoms with Crippen molar-refractivity contribution in [1.82, 2.24) is 10.2 Å². The van der Waals surface area contributed by atoms with E-state index >= 15 is 0 Å². The van der Waals surface area contributed by atoms with Crippen LogP contribution in [0.3, 0.4) is 0 Å². The number of halogens is 1. The third-order valence-electron chi connectivity index (χ3n) is 4.05. The Bertz CT molecular complexity index is 559. The molecule has 0 bridgehead atoms. The molecule has 0 aliphatic carbocycles. The Balaban J connectivity index is 0.00000192. The van der Waals surface area contributed by atoms with Crippen LogP contribution in [0, 0.1) is 0 Å². The fourth-order valence-corrected chi connectivity index (χ4v) is 2.86. The van der Waals surface area contributed by atoms with Crippen LogP contribution in [0.1, 0.15) is 12.8 Å². The van der Waals surface area contributed by atoms with Crippen LogP contribution in [0.2, 0.25) is 0 Å². The second-order valence-corrected chi connectivity index (χ2v) is 5.54. The number of rotatable bonds is 3. The largest absolute Gasteiger partial charge is 0.482 e. The van der Waals surface area contributed by atoms with Crippen LogP contribution in [-0.2, 0) is 9.59 Å². The first-order valence-corrected chi connectivity index (χ1v) is 7.76. The van der Waals surface area contributed by atoms with E-state index in [1.165, 1.54) is 0 Å². The van der Waals surface area contributed by atoms with Gasteiger partial charge < -0.3 is 19.9 Å². The topological polar surface area (TPSA) is 61.9 Å². The molecule has 3 rings (SSSR count). The van der Waals surface area contributed by atoms with E-state index in [9.17, 15) is 9.59 Å². The predicted molar refractivity (Wildman–Crippen MR) is 90.2 cm³/mol. The summed E-state index contributed by atoms with van der Waals surface area (Å²) in [4.78, 5) is 28.0. The van der Waals surface area contributed by atoms with Gasteiger partial charge in [-0.3, -0.25) is 9.59 Å². The van der Waals surface area contributed by atoms with Crippen molar-refractivity contribution in [1.29, 1.82) is 0 Å². The maximum Gasteiger partial charge on any atom is 0.265 e. The summed E-state index contributed by atoms with van der Waals surface area (Å²) >= 11 is 0. The van der Waals surface area contributed by atoms with Crippen molar-refractivity contribution >= 4 is 29.9 Å². The minimum atomic E-state index is -0.0935. The normalized spacial score (nSPS) is 17.7. The van der Waals surface area contributed by atoms with Crippen molar-refractivity contribution in [2.24, 2.45) is 0 Å². The molecule has 1 fully saturated rings. The molecule has 0 radical (unpaired) electrons. The Kier molecular flexibility index (Phi) is 6.24. The standard InChI is InChI=1S/C16H21N3O3.ClH/c20-15(18-9-3-7-17-8-11-18)6-10-19-13-4-1-2-5-14(13)22-12-16(19)21;/h1-2,4-5,17H,3,6-12H2;1H. The van der Waals surface area contributed by atoms with Gasteiger partial charge >= 0.3 is 0 Å². The van der Waals surface area contributed by atoms with Gasteiger partial charge in [0.05, 0.1) is 5.69 Å². The second-order valence-electron chi connectivity index (χ2n) is 5.54. The molecular weight excluding hydrogens is 318 g/mol. The first kappa shape index (κ1) is 17.6. The van der Waals surface area contributed by atoms with Gasteiger partial charge in [0.25, 0.3) is 5.91 Å². The molecule has 1 aromatic carbocycles. The van der Waals surface area contributed by atoms with E-state index in [2.05, 4.69) is 5.32 Å². The molecular formula is C16H22ClN3O3. The number of carbonyl (C=O) groups is 2. The van der Waals surface area contributed by atoms with E-state index in [1.807, 2.05) is 29.2 Å². The van der Waals surface area contributed by atoms with Crippen LogP contribution in [0.5, 0.6) is 5.75 Å². The first-order valence-electron chi connectivity index (χ1n) is 7.76. The highest BCUT2D eigenvalue weighted by molar-refractivity contribution is 5.98. The molecule has 2 amide bonds. The number of anilines is 1. The highest BCUT2D eigenvalue weighted by atomic mass is 35.5. The Morgan fingerprint density at radius 2 is 2.04 bits per heavy atom. The zero-order chi connectivity index (χ0) is 15.4. The van der Waals surface area contributed by atoms with E-state index in [0.29, 0.717) is 18.7 Å². The average Bonchev–Trinajstić information content (AvgIpc) is 2.83. The van der Waals surface area contributed by atoms with Crippen molar-refractivity contribution < 1.29 is 14.3 Å². The molecule has 126 valence electrons. The minimum absolute atomic E-state index is 0. The van der Waals surface area contributed by atoms with E-state index in [0.717, 1.165) is 38.3 Å². The lowest BCUT2D eigenvalue weighted by atomic mass is 10.2. The molecule has 1 N–H and O–H groups in total. The fraction of sp³-hybridized carbons (Fsp3) is 0.500. The first-order chi connectivity index (χ1) is 10.8. The summed E-state index contributed by atoms with van der Waals surface area (Å²) in [6, 6.07) is 7.45. The molecule has 1 saturated heterocycles. The zero-order valence-corrected chi connectivity index (χ0v) is 13.8. The maximum atomic E-state index is 12.3. The number of para-hydroxylation sites is 2. The van der Waals surface area contributed by atoms with E-state index in [-0.39, 0.29) is 30.8 Å². The van der Waals surface area contributed by atoms with Gasteiger partial charge in [-0.2, -0.15) is 0 Å². The number of nitrogens with zero attached hydrogens (tertiary/aromatic N) is 2. The van der Waals surface area contributed by atoms with Crippen molar-refractivity contribution in [2.75, 3.05) is 44.2 Å². The smallest absolute Gasteiger partial charge is 0.265 e. The molecule has 2 heterocycles. The van der Waals surface area contributed by atoms with Gasteiger partial charge in [0.2, 0.25) is 5.91 Å². The molecule has 0 saturated carbocycles. The molecule has 0 spiro atoms. The van der Waals surface area contributed by atoms with Crippen LogP contribution >= 0.6 is 12.4 Å². The lowest BCUT2D eigenvalue weighted by Crippen LogP contribution is -2.42. The monoisotopic (exact) mass is 339 g/mol. The van der Waals surface area contributed by atoms with Gasteiger partial charge in [-0.1, -0.05) is 12.1 Å². The SMILES string of the molecule is Cl.O=C(CCN1C(=O)COc2ccccc21)N1CCCNCC1. The van der Waals surface area contributed by atoms with Gasteiger partial charge in [-0.25, -0.2) is 0 Å². The number of amides is 2. The van der Waals surface area contributed by atoms with E-state index < -0.39 is 0 Å². The third-order valence-corrected chi connectivity index (χ3v) is 4.05. The summed E-state index contributed by atoms with van der Waals surface area (Å²) in [6.07, 6.45) is 1.32. The predicted octanol–water partition coefficient (Wildman–Crippen LogP) is 1.05. The Hall–Kier alpha value is -1.79. The zero-order valence-electron chi connectivity index (χ0n) is 13.0. The summed E-state index contributed by atoms with van der Waals surface area (Å²) in [6.45, 7) is 3.77. The molecule has 2 aliphatic rings. The van der Waals surface area contributed by atoms with Gasteiger partial charge in [-0.15, -0.1) is 12.4 Å². The summed E-state index contributed by atoms with van der Waals surface area (Å²) < 4.78 is 5.41. The fourth-order valence-electron chi connectivity index (χ4n) is 2.86. The van der Waals surface area contributed by atoms with Gasteiger partial charge in [0, 0.05) is 32.6 Å². The molecule has 7 heteroatoms. The van der Waals surface area contributed by atoms with E-state index in [4.69, 9.17) is 4.74 Å². The quantitative estimate of drug-likeness (QED) is 0.894. The third kappa shape index (κ3) is 4.14. The summed E-state index contributed by atoms with van der Waals surface area (Å²) in [5.41, 5.74) is 0.754. The van der Waals surface area contributed by atoms with Crippen LogP contribution in [0.4, 0.5) is 5.69 Å². The molecule has 0 aromatic heterocycles. The van der Waals surface area contributed by atoms with E-state index in [1.54, 1.807) is 4.90 Å². The Morgan fingerprint density at radius 1 is 1.22 bits per heavy atom. The number of carbonyl (C=O) groups excluding carboxylic acids is 2. The Labute approximate surface area is 142 Å². The number of hydrogen-bond donors (Lipinski definition) is 1. The van der Waals surface area contributed by atoms with Crippen LogP contribution in [0.25, 0.3) is 0 Å². The number of benzene rings is 1. The highest BCUT2D eigenvalue weighted by Gasteiger charge is 2.26. The maximum absolute atomic E-state index is 12.3. The van der Waals surface area contributed by atoms with Crippen molar-refractivity contribution in [3.63, 3.8) is 0 Å². The van der Waals surface area contributed by atoms with Gasteiger partial charge in [-0.05, 0) is 25.1 Å². The van der Waals surface area contributed by atoms with Crippen molar-refractivity contribution in [3.05, 3.63) is 24.3 Å². The number of fused-ring (bicyclic) bond motifs is 1. The van der Waals surface area contributed by atoms with Crippen LogP contribution in [-0.4, -0.2) is 56.0 Å². The lowest BCUT2D eigenvalue weighted by molar-refractivity contribution is -0.130. The summed E-state index contributed by atoms with van der Waals surface area (Å²) in [7, 11) is 0. The van der Waals surface area contributed by atoms with Crippen LogP contribution < -0.4 is 15.0 Å². The van der Waals surface area contributed by atoms with Crippen molar-refractivity contribution in [3.8, 4) is 5.75 Å². The second kappa shape index (κ2) is 8.17. The molecule has 6 nitrogen and oxygen atoms in total. The average molecular weight is 340 g/mol. The minimum Gasteiger partial charge on any atom is -0.482 e. The number of nitrogens with one attached hydrogen (secondary N) is 1. The molecule has 2 aliphatic heterocycles. The Morgan fingerprint density at radius 3 is 2.91 bits per heavy atom. The lowest BCUT2D eigenvalue weighted by Gasteiger charge is -2.30. The molecule has 0 unspecified atom stereocenters. The highest BCUT2D eigenvalue weighted by Crippen LogP contribution is 2.31. The summed E-state index contributed by atoms with van der Waals surface area (Å²) in [5.74, 6) is 0.720. The van der Waals surface area contributed by atoms with Gasteiger partial charge in [0.1, 0.15) is 5.75 Å². The summed E-state index contributed by atoms with van der Waals surface area (Å²) in [5, 5.41) is 3.28. The molecule has 1 aromatic rings.